The molecule has 0 saturated heterocycles. The molecule has 0 amide bonds. The van der Waals surface area contributed by atoms with Crippen molar-refractivity contribution in [3.63, 3.8) is 0 Å². The summed E-state index contributed by atoms with van der Waals surface area (Å²) >= 11 is 0. The molecule has 3 unspecified atom stereocenters. The van der Waals surface area contributed by atoms with Gasteiger partial charge in [-0.15, -0.1) is 0 Å². The average Bonchev–Trinajstić information content (AvgIpc) is 2.43. The number of carbonyl (C=O) groups is 1. The van der Waals surface area contributed by atoms with Crippen LogP contribution in [0.2, 0.25) is 0 Å². The lowest BCUT2D eigenvalue weighted by Gasteiger charge is -2.55. The van der Waals surface area contributed by atoms with E-state index >= 15 is 0 Å². The number of carboxylic acid groups (broad SMARTS) is 1. The number of carboxylic acids is 1. The van der Waals surface area contributed by atoms with Crippen molar-refractivity contribution in [2.75, 3.05) is 6.61 Å². The summed E-state index contributed by atoms with van der Waals surface area (Å²) in [5.41, 5.74) is 2.21. The van der Waals surface area contributed by atoms with Gasteiger partial charge in [-0.05, 0) is 53.9 Å². The Balaban J connectivity index is 2.22. The van der Waals surface area contributed by atoms with E-state index in [0.717, 1.165) is 18.1 Å². The van der Waals surface area contributed by atoms with Crippen LogP contribution in [0.25, 0.3) is 0 Å². The van der Waals surface area contributed by atoms with Crippen LogP contribution in [0, 0.1) is 22.7 Å². The summed E-state index contributed by atoms with van der Waals surface area (Å²) in [6.45, 7) is 11.2. The molecule has 0 heterocycles. The molecule has 3 atom stereocenters. The molecule has 3 nitrogen and oxygen atoms in total. The maximum absolute atomic E-state index is 10.8. The highest BCUT2D eigenvalue weighted by atomic mass is 16.4. The highest BCUT2D eigenvalue weighted by Gasteiger charge is 2.50. The fourth-order valence-corrected chi connectivity index (χ4v) is 4.98. The standard InChI is InChI=1S/C20H30O3/c1-14-6-9-17-19(2,3)10-5-11-20(17,4)16(14)8-7-15(13-21)12-18(22)23/h6,9,12,16-17,21H,1,5,7-8,10-11,13H2,2-4H3,(H,22,23). The Hall–Kier alpha value is -1.35. The van der Waals surface area contributed by atoms with Gasteiger partial charge in [0.1, 0.15) is 0 Å². The second-order valence-electron chi connectivity index (χ2n) is 8.15. The normalized spacial score (nSPS) is 33.4. The van der Waals surface area contributed by atoms with E-state index < -0.39 is 5.97 Å². The van der Waals surface area contributed by atoms with Crippen LogP contribution in [-0.4, -0.2) is 22.8 Å². The summed E-state index contributed by atoms with van der Waals surface area (Å²) in [5.74, 6) is -0.111. The molecule has 0 bridgehead atoms. The molecular weight excluding hydrogens is 288 g/mol. The summed E-state index contributed by atoms with van der Waals surface area (Å²) < 4.78 is 0. The molecule has 0 aromatic heterocycles. The Kier molecular flexibility index (Phi) is 5.20. The van der Waals surface area contributed by atoms with E-state index in [2.05, 4.69) is 39.5 Å². The van der Waals surface area contributed by atoms with Gasteiger partial charge >= 0.3 is 5.97 Å². The molecule has 2 aliphatic carbocycles. The summed E-state index contributed by atoms with van der Waals surface area (Å²) in [6, 6.07) is 0. The van der Waals surface area contributed by atoms with E-state index in [0.29, 0.717) is 29.2 Å². The van der Waals surface area contributed by atoms with Gasteiger partial charge in [-0.2, -0.15) is 0 Å². The van der Waals surface area contributed by atoms with Crippen LogP contribution in [0.1, 0.15) is 52.9 Å². The lowest BCUT2D eigenvalue weighted by Crippen LogP contribution is -2.47. The molecule has 2 N–H and O–H groups in total. The van der Waals surface area contributed by atoms with Gasteiger partial charge in [0.25, 0.3) is 0 Å². The number of rotatable bonds is 5. The zero-order valence-corrected chi connectivity index (χ0v) is 14.6. The minimum absolute atomic E-state index is 0.178. The van der Waals surface area contributed by atoms with E-state index in [4.69, 9.17) is 5.11 Å². The number of allylic oxidation sites excluding steroid dienone is 3. The molecule has 2 rings (SSSR count). The number of fused-ring (bicyclic) bond motifs is 1. The maximum atomic E-state index is 10.8. The van der Waals surface area contributed by atoms with E-state index in [1.807, 2.05) is 0 Å². The number of aliphatic hydroxyl groups is 1. The van der Waals surface area contributed by atoms with Crippen molar-refractivity contribution in [1.29, 1.82) is 0 Å². The summed E-state index contributed by atoms with van der Waals surface area (Å²) in [4.78, 5) is 10.8. The highest BCUT2D eigenvalue weighted by molar-refractivity contribution is 5.80. The molecule has 2 aliphatic rings. The van der Waals surface area contributed by atoms with Gasteiger partial charge in [-0.1, -0.05) is 51.5 Å². The Bertz CT molecular complexity index is 541. The third kappa shape index (κ3) is 3.60. The van der Waals surface area contributed by atoms with Crippen LogP contribution >= 0.6 is 0 Å². The van der Waals surface area contributed by atoms with E-state index in [-0.39, 0.29) is 12.0 Å². The lowest BCUT2D eigenvalue weighted by molar-refractivity contribution is -0.131. The fraction of sp³-hybridized carbons (Fsp3) is 0.650. The Morgan fingerprint density at radius 2 is 2.09 bits per heavy atom. The third-order valence-electron chi connectivity index (χ3n) is 6.12. The second kappa shape index (κ2) is 6.64. The third-order valence-corrected chi connectivity index (χ3v) is 6.12. The number of aliphatic carboxylic acids is 1. The zero-order valence-electron chi connectivity index (χ0n) is 14.6. The first-order valence-electron chi connectivity index (χ1n) is 8.61. The molecular formula is C20H30O3. The second-order valence-corrected chi connectivity index (χ2v) is 8.15. The van der Waals surface area contributed by atoms with Gasteiger partial charge in [0.2, 0.25) is 0 Å². The van der Waals surface area contributed by atoms with Gasteiger partial charge in [0.15, 0.2) is 0 Å². The summed E-state index contributed by atoms with van der Waals surface area (Å²) in [6.07, 6.45) is 10.8. The van der Waals surface area contributed by atoms with Crippen molar-refractivity contribution in [3.8, 4) is 0 Å². The molecule has 3 heteroatoms. The summed E-state index contributed by atoms with van der Waals surface area (Å²) in [7, 11) is 0. The van der Waals surface area contributed by atoms with E-state index in [9.17, 15) is 9.90 Å². The molecule has 128 valence electrons. The van der Waals surface area contributed by atoms with Crippen molar-refractivity contribution >= 4 is 5.97 Å². The minimum Gasteiger partial charge on any atom is -0.478 e. The maximum Gasteiger partial charge on any atom is 0.328 e. The molecule has 0 spiro atoms. The molecule has 0 radical (unpaired) electrons. The largest absolute Gasteiger partial charge is 0.478 e. The van der Waals surface area contributed by atoms with Crippen molar-refractivity contribution in [2.24, 2.45) is 22.7 Å². The fourth-order valence-electron chi connectivity index (χ4n) is 4.98. The van der Waals surface area contributed by atoms with Crippen molar-refractivity contribution in [1.82, 2.24) is 0 Å². The van der Waals surface area contributed by atoms with Gasteiger partial charge in [0.05, 0.1) is 6.61 Å². The Labute approximate surface area is 139 Å². The topological polar surface area (TPSA) is 57.5 Å². The van der Waals surface area contributed by atoms with E-state index in [1.165, 1.54) is 19.3 Å². The molecule has 0 aromatic carbocycles. The van der Waals surface area contributed by atoms with Crippen LogP contribution in [0.5, 0.6) is 0 Å². The quantitative estimate of drug-likeness (QED) is 0.741. The van der Waals surface area contributed by atoms with Crippen LogP contribution in [0.4, 0.5) is 0 Å². The number of hydrogen-bond donors (Lipinski definition) is 2. The van der Waals surface area contributed by atoms with Crippen LogP contribution in [0.15, 0.2) is 36.0 Å². The van der Waals surface area contributed by atoms with Crippen LogP contribution in [-0.2, 0) is 4.79 Å². The molecule has 0 aromatic rings. The molecule has 1 fully saturated rings. The SMILES string of the molecule is C=C1C=CC2C(C)(C)CCCC2(C)C1CCC(=CC(=O)O)CO. The van der Waals surface area contributed by atoms with Gasteiger partial charge in [0, 0.05) is 6.08 Å². The Morgan fingerprint density at radius 1 is 1.39 bits per heavy atom. The predicted molar refractivity (Wildman–Crippen MR) is 93.0 cm³/mol. The monoisotopic (exact) mass is 318 g/mol. The van der Waals surface area contributed by atoms with Crippen LogP contribution < -0.4 is 0 Å². The minimum atomic E-state index is -0.987. The van der Waals surface area contributed by atoms with Crippen molar-refractivity contribution in [2.45, 2.75) is 52.9 Å². The van der Waals surface area contributed by atoms with E-state index in [1.54, 1.807) is 0 Å². The predicted octanol–water partition coefficient (Wildman–Crippen LogP) is 4.34. The van der Waals surface area contributed by atoms with Gasteiger partial charge in [-0.3, -0.25) is 0 Å². The first kappa shape index (κ1) is 18.0. The number of aliphatic hydroxyl groups excluding tert-OH is 1. The van der Waals surface area contributed by atoms with Crippen LogP contribution in [0.3, 0.4) is 0 Å². The zero-order chi connectivity index (χ0) is 17.3. The summed E-state index contributed by atoms with van der Waals surface area (Å²) in [5, 5.41) is 18.3. The molecule has 23 heavy (non-hydrogen) atoms. The smallest absolute Gasteiger partial charge is 0.328 e. The first-order chi connectivity index (χ1) is 10.7. The van der Waals surface area contributed by atoms with Crippen molar-refractivity contribution < 1.29 is 15.0 Å². The van der Waals surface area contributed by atoms with Crippen molar-refractivity contribution in [3.05, 3.63) is 36.0 Å². The van der Waals surface area contributed by atoms with Gasteiger partial charge in [-0.25, -0.2) is 4.79 Å². The van der Waals surface area contributed by atoms with Gasteiger partial charge < -0.3 is 10.2 Å². The Morgan fingerprint density at radius 3 is 2.70 bits per heavy atom. The highest BCUT2D eigenvalue weighted by Crippen LogP contribution is 2.59. The first-order valence-corrected chi connectivity index (χ1v) is 8.61. The lowest BCUT2D eigenvalue weighted by atomic mass is 9.49. The average molecular weight is 318 g/mol. The number of hydrogen-bond acceptors (Lipinski definition) is 2. The molecule has 1 saturated carbocycles. The molecule has 0 aliphatic heterocycles.